The fourth-order valence-electron chi connectivity index (χ4n) is 0.348. The van der Waals surface area contributed by atoms with E-state index in [-0.39, 0.29) is 0 Å². The van der Waals surface area contributed by atoms with E-state index in [1.165, 1.54) is 17.3 Å². The van der Waals surface area contributed by atoms with Crippen molar-refractivity contribution < 1.29 is 0 Å². The van der Waals surface area contributed by atoms with Crippen molar-refractivity contribution in [1.82, 2.24) is 0 Å². The molecule has 1 radical (unpaired) electrons. The van der Waals surface area contributed by atoms with Crippen LogP contribution in [-0.2, 0) is 0 Å². The summed E-state index contributed by atoms with van der Waals surface area (Å²) in [6.07, 6.45) is 0. The van der Waals surface area contributed by atoms with E-state index in [1.54, 1.807) is 0 Å². The molecule has 41 valence electrons. The summed E-state index contributed by atoms with van der Waals surface area (Å²) in [4.78, 5) is 0. The van der Waals surface area contributed by atoms with Gasteiger partial charge < -0.3 is 0 Å². The molecular formula is C4H7S3. The molecule has 1 heterocycles. The SMILES string of the molecule is [CH]1CSCCSS1. The third kappa shape index (κ3) is 2.77. The second-order valence-corrected chi connectivity index (χ2v) is 4.76. The van der Waals surface area contributed by atoms with Gasteiger partial charge in [0.2, 0.25) is 0 Å². The first-order chi connectivity index (χ1) is 3.50. The van der Waals surface area contributed by atoms with Crippen molar-refractivity contribution in [3.05, 3.63) is 5.75 Å². The second kappa shape index (κ2) is 3.98. The molecule has 1 aliphatic rings. The lowest BCUT2D eigenvalue weighted by atomic mass is 10.9. The molecule has 0 aromatic carbocycles. The van der Waals surface area contributed by atoms with Crippen molar-refractivity contribution in [3.63, 3.8) is 0 Å². The Hall–Kier alpha value is 1.05. The maximum absolute atomic E-state index is 2.27. The largest absolute Gasteiger partial charge is 0.160 e. The lowest BCUT2D eigenvalue weighted by molar-refractivity contribution is 1.56. The molecule has 3 heteroatoms. The Balaban J connectivity index is 2.04. The minimum Gasteiger partial charge on any atom is -0.160 e. The van der Waals surface area contributed by atoms with Gasteiger partial charge in [-0.15, -0.1) is 0 Å². The highest BCUT2D eigenvalue weighted by Gasteiger charge is 1.97. The molecule has 0 nitrogen and oxygen atoms in total. The number of hydrogen-bond acceptors (Lipinski definition) is 3. The van der Waals surface area contributed by atoms with Crippen molar-refractivity contribution in [1.29, 1.82) is 0 Å². The van der Waals surface area contributed by atoms with E-state index in [2.05, 4.69) is 5.75 Å². The molecule has 7 heavy (non-hydrogen) atoms. The first-order valence-electron chi connectivity index (χ1n) is 2.18. The predicted molar refractivity (Wildman–Crippen MR) is 41.7 cm³/mol. The van der Waals surface area contributed by atoms with Crippen LogP contribution in [0.2, 0.25) is 0 Å². The van der Waals surface area contributed by atoms with Crippen LogP contribution in [-0.4, -0.2) is 17.3 Å². The molecule has 0 atom stereocenters. The summed E-state index contributed by atoms with van der Waals surface area (Å²) in [5.74, 6) is 6.14. The van der Waals surface area contributed by atoms with Gasteiger partial charge in [0.15, 0.2) is 0 Å². The zero-order chi connectivity index (χ0) is 4.95. The van der Waals surface area contributed by atoms with Crippen LogP contribution in [0.15, 0.2) is 0 Å². The van der Waals surface area contributed by atoms with E-state index in [9.17, 15) is 0 Å². The third-order valence-corrected chi connectivity index (χ3v) is 4.12. The van der Waals surface area contributed by atoms with Crippen LogP contribution in [0.5, 0.6) is 0 Å². The second-order valence-electron chi connectivity index (χ2n) is 1.16. The topological polar surface area (TPSA) is 0 Å². The lowest BCUT2D eigenvalue weighted by Crippen LogP contribution is -1.77. The van der Waals surface area contributed by atoms with Crippen LogP contribution >= 0.6 is 33.3 Å². The number of rotatable bonds is 0. The van der Waals surface area contributed by atoms with Crippen LogP contribution in [0.25, 0.3) is 0 Å². The Morgan fingerprint density at radius 1 is 1.29 bits per heavy atom. The fourth-order valence-corrected chi connectivity index (χ4v) is 3.75. The maximum atomic E-state index is 2.27. The summed E-state index contributed by atoms with van der Waals surface area (Å²) in [6, 6.07) is 0. The van der Waals surface area contributed by atoms with Crippen molar-refractivity contribution in [2.75, 3.05) is 17.3 Å². The Morgan fingerprint density at radius 2 is 2.29 bits per heavy atom. The van der Waals surface area contributed by atoms with E-state index in [1.807, 2.05) is 33.3 Å². The van der Waals surface area contributed by atoms with Crippen LogP contribution in [0.3, 0.4) is 0 Å². The van der Waals surface area contributed by atoms with Gasteiger partial charge in [0.05, 0.1) is 0 Å². The van der Waals surface area contributed by atoms with E-state index in [4.69, 9.17) is 0 Å². The molecule has 0 spiro atoms. The smallest absolute Gasteiger partial charge is 0.0377 e. The molecule has 1 fully saturated rings. The third-order valence-electron chi connectivity index (χ3n) is 0.633. The van der Waals surface area contributed by atoms with Crippen molar-refractivity contribution in [2.45, 2.75) is 0 Å². The van der Waals surface area contributed by atoms with E-state index in [0.29, 0.717) is 0 Å². The normalized spacial score (nSPS) is 24.0. The van der Waals surface area contributed by atoms with Gasteiger partial charge >= 0.3 is 0 Å². The Labute approximate surface area is 56.6 Å². The lowest BCUT2D eigenvalue weighted by Gasteiger charge is -1.85. The first-order valence-corrected chi connectivity index (χ1v) is 5.71. The van der Waals surface area contributed by atoms with E-state index in [0.717, 1.165) is 0 Å². The Bertz CT molecular complexity index is 26.5. The molecule has 0 aromatic rings. The van der Waals surface area contributed by atoms with Gasteiger partial charge in [-0.1, -0.05) is 21.6 Å². The van der Waals surface area contributed by atoms with Gasteiger partial charge in [-0.2, -0.15) is 11.8 Å². The van der Waals surface area contributed by atoms with Gasteiger partial charge in [0.1, 0.15) is 0 Å². The fraction of sp³-hybridized carbons (Fsp3) is 0.750. The maximum Gasteiger partial charge on any atom is 0.0377 e. The highest BCUT2D eigenvalue weighted by Crippen LogP contribution is 2.29. The quantitative estimate of drug-likeness (QED) is 0.487. The number of hydrogen-bond donors (Lipinski definition) is 0. The molecule has 1 saturated heterocycles. The predicted octanol–water partition coefficient (Wildman–Crippen LogP) is 2.28. The van der Waals surface area contributed by atoms with E-state index >= 15 is 0 Å². The average Bonchev–Trinajstić information content (AvgIpc) is 1.90. The molecular weight excluding hydrogens is 144 g/mol. The Kier molecular flexibility index (Phi) is 3.51. The van der Waals surface area contributed by atoms with Crippen LogP contribution < -0.4 is 0 Å². The van der Waals surface area contributed by atoms with Crippen LogP contribution in [0.1, 0.15) is 0 Å². The first kappa shape index (κ1) is 6.17. The minimum absolute atomic E-state index is 1.23. The van der Waals surface area contributed by atoms with Gasteiger partial charge in [0.25, 0.3) is 0 Å². The molecule has 0 unspecified atom stereocenters. The molecule has 0 saturated carbocycles. The van der Waals surface area contributed by atoms with Gasteiger partial charge in [-0.05, 0) is 0 Å². The van der Waals surface area contributed by atoms with Gasteiger partial charge in [-0.3, -0.25) is 0 Å². The number of thioether (sulfide) groups is 1. The Morgan fingerprint density at radius 3 is 3.29 bits per heavy atom. The summed E-state index contributed by atoms with van der Waals surface area (Å²) in [5, 5.41) is 0. The van der Waals surface area contributed by atoms with Crippen molar-refractivity contribution in [2.24, 2.45) is 0 Å². The van der Waals surface area contributed by atoms with Gasteiger partial charge in [0, 0.05) is 23.0 Å². The summed E-state index contributed by atoms with van der Waals surface area (Å²) in [7, 11) is 3.84. The summed E-state index contributed by atoms with van der Waals surface area (Å²) in [6.45, 7) is 0. The van der Waals surface area contributed by atoms with Gasteiger partial charge in [-0.25, -0.2) is 0 Å². The average molecular weight is 151 g/mol. The molecule has 1 aliphatic heterocycles. The highest BCUT2D eigenvalue weighted by atomic mass is 33.1. The molecule has 0 N–H and O–H groups in total. The standard InChI is InChI=1S/C4H7S3/c1-3-6-7-4-2-5-1/h3H,1-2,4H2. The van der Waals surface area contributed by atoms with Crippen LogP contribution in [0, 0.1) is 5.75 Å². The van der Waals surface area contributed by atoms with Crippen molar-refractivity contribution in [3.8, 4) is 0 Å². The van der Waals surface area contributed by atoms with E-state index < -0.39 is 0 Å². The summed E-state index contributed by atoms with van der Waals surface area (Å²) >= 11 is 2.02. The summed E-state index contributed by atoms with van der Waals surface area (Å²) in [5.41, 5.74) is 0. The molecule has 0 aromatic heterocycles. The minimum atomic E-state index is 1.23. The molecule has 0 amide bonds. The molecule has 0 bridgehead atoms. The molecule has 1 rings (SSSR count). The zero-order valence-corrected chi connectivity index (χ0v) is 6.37. The molecule has 0 aliphatic carbocycles. The summed E-state index contributed by atoms with van der Waals surface area (Å²) < 4.78 is 0. The van der Waals surface area contributed by atoms with Crippen LogP contribution in [0.4, 0.5) is 0 Å². The monoisotopic (exact) mass is 151 g/mol. The highest BCUT2D eigenvalue weighted by molar-refractivity contribution is 8.77. The zero-order valence-electron chi connectivity index (χ0n) is 3.92. The van der Waals surface area contributed by atoms with Crippen molar-refractivity contribution >= 4 is 33.3 Å².